The number of rotatable bonds is 6. The molecular formula is C9H12F3NOS. The SMILES string of the molecule is FC(F)(F)OCCNCCc1cccs1. The quantitative estimate of drug-likeness (QED) is 0.770. The van der Waals surface area contributed by atoms with E-state index >= 15 is 0 Å². The maximum Gasteiger partial charge on any atom is 0.522 e. The predicted molar refractivity (Wildman–Crippen MR) is 52.9 cm³/mol. The Hall–Kier alpha value is -0.590. The van der Waals surface area contributed by atoms with Crippen LogP contribution in [0.2, 0.25) is 0 Å². The van der Waals surface area contributed by atoms with Crippen molar-refractivity contribution in [1.29, 1.82) is 0 Å². The largest absolute Gasteiger partial charge is 0.522 e. The van der Waals surface area contributed by atoms with Gasteiger partial charge in [0.2, 0.25) is 0 Å². The summed E-state index contributed by atoms with van der Waals surface area (Å²) in [6.45, 7) is 0.542. The van der Waals surface area contributed by atoms with Gasteiger partial charge in [-0.2, -0.15) is 0 Å². The molecule has 0 atom stereocenters. The fourth-order valence-electron chi connectivity index (χ4n) is 1.03. The first-order chi connectivity index (χ1) is 7.08. The van der Waals surface area contributed by atoms with Gasteiger partial charge in [0.15, 0.2) is 0 Å². The average Bonchev–Trinajstić information content (AvgIpc) is 2.61. The van der Waals surface area contributed by atoms with Crippen LogP contribution in [0.3, 0.4) is 0 Å². The van der Waals surface area contributed by atoms with Crippen LogP contribution in [0.15, 0.2) is 17.5 Å². The number of nitrogens with one attached hydrogen (secondary N) is 1. The van der Waals surface area contributed by atoms with Crippen molar-refractivity contribution in [2.24, 2.45) is 0 Å². The second kappa shape index (κ2) is 6.09. The van der Waals surface area contributed by atoms with Gasteiger partial charge in [0.1, 0.15) is 0 Å². The minimum atomic E-state index is -4.52. The summed E-state index contributed by atoms with van der Waals surface area (Å²) in [7, 11) is 0. The highest BCUT2D eigenvalue weighted by atomic mass is 32.1. The molecule has 1 heterocycles. The minimum Gasteiger partial charge on any atom is -0.314 e. The number of hydrogen-bond acceptors (Lipinski definition) is 3. The number of alkyl halides is 3. The van der Waals surface area contributed by atoms with Gasteiger partial charge >= 0.3 is 6.36 Å². The molecule has 6 heteroatoms. The van der Waals surface area contributed by atoms with Crippen LogP contribution < -0.4 is 5.32 Å². The van der Waals surface area contributed by atoms with Gasteiger partial charge in [-0.05, 0) is 17.9 Å². The van der Waals surface area contributed by atoms with E-state index in [9.17, 15) is 13.2 Å². The summed E-state index contributed by atoms with van der Waals surface area (Å²) in [6.07, 6.45) is -3.68. The molecule has 0 aliphatic carbocycles. The molecular weight excluding hydrogens is 227 g/mol. The standard InChI is InChI=1S/C9H12F3NOS/c10-9(11,12)14-6-5-13-4-3-8-2-1-7-15-8/h1-2,7,13H,3-6H2. The van der Waals surface area contributed by atoms with Gasteiger partial charge in [0.25, 0.3) is 0 Å². The van der Waals surface area contributed by atoms with Crippen molar-refractivity contribution >= 4 is 11.3 Å². The third-order valence-electron chi connectivity index (χ3n) is 1.67. The zero-order valence-corrected chi connectivity index (χ0v) is 8.83. The lowest BCUT2D eigenvalue weighted by Gasteiger charge is -2.07. The smallest absolute Gasteiger partial charge is 0.314 e. The molecule has 0 amide bonds. The number of hydrogen-bond donors (Lipinski definition) is 1. The maximum absolute atomic E-state index is 11.5. The molecule has 15 heavy (non-hydrogen) atoms. The molecule has 0 unspecified atom stereocenters. The molecule has 0 aromatic carbocycles. The van der Waals surface area contributed by atoms with Gasteiger partial charge in [-0.15, -0.1) is 24.5 Å². The minimum absolute atomic E-state index is 0.213. The van der Waals surface area contributed by atoms with Gasteiger partial charge in [-0.3, -0.25) is 4.74 Å². The van der Waals surface area contributed by atoms with Crippen LogP contribution in [0.25, 0.3) is 0 Å². The molecule has 86 valence electrons. The van der Waals surface area contributed by atoms with E-state index in [1.165, 1.54) is 4.88 Å². The maximum atomic E-state index is 11.5. The number of ether oxygens (including phenoxy) is 1. The molecule has 0 saturated heterocycles. The normalized spacial score (nSPS) is 11.9. The summed E-state index contributed by atoms with van der Waals surface area (Å²) in [6, 6.07) is 3.95. The predicted octanol–water partition coefficient (Wildman–Crippen LogP) is 2.42. The monoisotopic (exact) mass is 239 g/mol. The molecule has 1 N–H and O–H groups in total. The van der Waals surface area contributed by atoms with E-state index in [2.05, 4.69) is 10.1 Å². The van der Waals surface area contributed by atoms with Crippen molar-refractivity contribution < 1.29 is 17.9 Å². The summed E-state index contributed by atoms with van der Waals surface area (Å²) < 4.78 is 38.2. The topological polar surface area (TPSA) is 21.3 Å². The van der Waals surface area contributed by atoms with Gasteiger partial charge in [-0.1, -0.05) is 6.07 Å². The first kappa shape index (κ1) is 12.5. The molecule has 0 bridgehead atoms. The Balaban J connectivity index is 1.94. The van der Waals surface area contributed by atoms with Gasteiger partial charge in [-0.25, -0.2) is 0 Å². The van der Waals surface area contributed by atoms with E-state index in [0.29, 0.717) is 6.54 Å². The molecule has 2 nitrogen and oxygen atoms in total. The van der Waals surface area contributed by atoms with Crippen molar-refractivity contribution in [2.45, 2.75) is 12.8 Å². The van der Waals surface area contributed by atoms with Crippen LogP contribution in [0.5, 0.6) is 0 Å². The molecule has 0 fully saturated rings. The molecule has 0 radical (unpaired) electrons. The van der Waals surface area contributed by atoms with Crippen LogP contribution in [0.1, 0.15) is 4.88 Å². The molecule has 1 aromatic heterocycles. The number of thiophene rings is 1. The first-order valence-electron chi connectivity index (χ1n) is 4.52. The lowest BCUT2D eigenvalue weighted by molar-refractivity contribution is -0.323. The lowest BCUT2D eigenvalue weighted by atomic mass is 10.3. The molecule has 0 spiro atoms. The molecule has 1 rings (SSSR count). The fourth-order valence-corrected chi connectivity index (χ4v) is 1.74. The summed E-state index contributed by atoms with van der Waals surface area (Å²) in [5, 5.41) is 4.85. The highest BCUT2D eigenvalue weighted by molar-refractivity contribution is 7.09. The Morgan fingerprint density at radius 1 is 1.33 bits per heavy atom. The second-order valence-corrected chi connectivity index (χ2v) is 3.91. The van der Waals surface area contributed by atoms with Gasteiger partial charge in [0.05, 0.1) is 6.61 Å². The molecule has 0 aliphatic rings. The average molecular weight is 239 g/mol. The summed E-state index contributed by atoms with van der Waals surface area (Å²) >= 11 is 1.64. The number of halogens is 3. The van der Waals surface area contributed by atoms with Crippen molar-refractivity contribution in [3.8, 4) is 0 Å². The second-order valence-electron chi connectivity index (χ2n) is 2.87. The summed E-state index contributed by atoms with van der Waals surface area (Å²) in [5.41, 5.74) is 0. The van der Waals surface area contributed by atoms with E-state index in [-0.39, 0.29) is 13.2 Å². The Morgan fingerprint density at radius 2 is 2.13 bits per heavy atom. The Labute approximate surface area is 90.1 Å². The Morgan fingerprint density at radius 3 is 2.73 bits per heavy atom. The van der Waals surface area contributed by atoms with Crippen molar-refractivity contribution in [3.05, 3.63) is 22.4 Å². The van der Waals surface area contributed by atoms with Crippen LogP contribution >= 0.6 is 11.3 Å². The Kier molecular flexibility index (Phi) is 5.07. The fraction of sp³-hybridized carbons (Fsp3) is 0.556. The Bertz CT molecular complexity index is 261. The van der Waals surface area contributed by atoms with Crippen LogP contribution in [0, 0.1) is 0 Å². The lowest BCUT2D eigenvalue weighted by Crippen LogP contribution is -2.25. The van der Waals surface area contributed by atoms with E-state index < -0.39 is 6.36 Å². The molecule has 0 aliphatic heterocycles. The van der Waals surface area contributed by atoms with Crippen molar-refractivity contribution in [2.75, 3.05) is 19.7 Å². The van der Waals surface area contributed by atoms with Crippen molar-refractivity contribution in [1.82, 2.24) is 5.32 Å². The zero-order valence-electron chi connectivity index (χ0n) is 8.01. The van der Waals surface area contributed by atoms with E-state index in [4.69, 9.17) is 0 Å². The van der Waals surface area contributed by atoms with Gasteiger partial charge < -0.3 is 5.32 Å². The van der Waals surface area contributed by atoms with Crippen LogP contribution in [0.4, 0.5) is 13.2 Å². The molecule has 1 aromatic rings. The van der Waals surface area contributed by atoms with E-state index in [1.807, 2.05) is 17.5 Å². The van der Waals surface area contributed by atoms with Crippen LogP contribution in [-0.4, -0.2) is 26.1 Å². The highest BCUT2D eigenvalue weighted by Crippen LogP contribution is 2.15. The summed E-state index contributed by atoms with van der Waals surface area (Å²) in [5.74, 6) is 0. The van der Waals surface area contributed by atoms with Gasteiger partial charge in [0, 0.05) is 18.0 Å². The van der Waals surface area contributed by atoms with Crippen LogP contribution in [-0.2, 0) is 11.2 Å². The first-order valence-corrected chi connectivity index (χ1v) is 5.40. The highest BCUT2D eigenvalue weighted by Gasteiger charge is 2.28. The summed E-state index contributed by atoms with van der Waals surface area (Å²) in [4.78, 5) is 1.22. The van der Waals surface area contributed by atoms with Crippen molar-refractivity contribution in [3.63, 3.8) is 0 Å². The third-order valence-corrected chi connectivity index (χ3v) is 2.61. The van der Waals surface area contributed by atoms with E-state index in [0.717, 1.165) is 6.42 Å². The third kappa shape index (κ3) is 6.48. The molecule has 0 saturated carbocycles. The zero-order chi connectivity index (χ0) is 11.1. The van der Waals surface area contributed by atoms with E-state index in [1.54, 1.807) is 11.3 Å².